The number of rotatable bonds is 8. The quantitative estimate of drug-likeness (QED) is 0.457. The van der Waals surface area contributed by atoms with Gasteiger partial charge in [-0.1, -0.05) is 30.3 Å². The first-order valence-electron chi connectivity index (χ1n) is 12.9. The molecule has 0 radical (unpaired) electrons. The zero-order valence-electron chi connectivity index (χ0n) is 21.8. The van der Waals surface area contributed by atoms with Crippen LogP contribution in [0.1, 0.15) is 39.8 Å². The Kier molecular flexibility index (Phi) is 7.75. The maximum absolute atomic E-state index is 13.7. The highest BCUT2D eigenvalue weighted by atomic mass is 32.2. The molecule has 5 rings (SSSR count). The number of halogens is 2. The van der Waals surface area contributed by atoms with E-state index >= 15 is 0 Å². The molecule has 11 heteroatoms. The molecule has 2 aliphatic rings. The molecule has 2 saturated heterocycles. The summed E-state index contributed by atoms with van der Waals surface area (Å²) < 4.78 is 55.9. The van der Waals surface area contributed by atoms with Crippen LogP contribution in [0, 0.1) is 37.3 Å². The molecule has 8 nitrogen and oxygen atoms in total. The van der Waals surface area contributed by atoms with Gasteiger partial charge in [0.25, 0.3) is 5.91 Å². The van der Waals surface area contributed by atoms with Gasteiger partial charge in [-0.2, -0.15) is 0 Å². The van der Waals surface area contributed by atoms with Crippen LogP contribution >= 0.6 is 0 Å². The highest BCUT2D eigenvalue weighted by molar-refractivity contribution is 7.89. The van der Waals surface area contributed by atoms with E-state index in [2.05, 4.69) is 19.6 Å². The monoisotopic (exact) mass is 555 g/mol. The number of hydrogen-bond acceptors (Lipinski definition) is 6. The maximum atomic E-state index is 13.7. The predicted molar refractivity (Wildman–Crippen MR) is 141 cm³/mol. The molecule has 0 spiro atoms. The Morgan fingerprint density at radius 2 is 1.62 bits per heavy atom. The molecule has 206 valence electrons. The summed E-state index contributed by atoms with van der Waals surface area (Å²) in [7, 11) is -4.09. The molecule has 3 aromatic rings. The number of hydrogen-bond donors (Lipinski definition) is 1. The van der Waals surface area contributed by atoms with Crippen molar-refractivity contribution in [3.8, 4) is 0 Å². The fourth-order valence-electron chi connectivity index (χ4n) is 5.69. The van der Waals surface area contributed by atoms with E-state index in [9.17, 15) is 22.0 Å². The van der Waals surface area contributed by atoms with Crippen molar-refractivity contribution < 1.29 is 22.0 Å². The Bertz CT molecular complexity index is 1440. The molecule has 2 aromatic carbocycles. The van der Waals surface area contributed by atoms with E-state index in [4.69, 9.17) is 0 Å². The van der Waals surface area contributed by atoms with Gasteiger partial charge < -0.3 is 9.80 Å². The fraction of sp³-hybridized carbons (Fsp3) is 0.393. The molecule has 2 unspecified atom stereocenters. The van der Waals surface area contributed by atoms with Crippen LogP contribution in [0.25, 0.3) is 0 Å². The van der Waals surface area contributed by atoms with Gasteiger partial charge in [-0.25, -0.2) is 31.9 Å². The number of nitrogens with zero attached hydrogens (tertiary/aromatic N) is 4. The molecular weight excluding hydrogens is 524 g/mol. The normalized spacial score (nSPS) is 20.3. The van der Waals surface area contributed by atoms with Crippen LogP contribution in [0.3, 0.4) is 0 Å². The van der Waals surface area contributed by atoms with Crippen molar-refractivity contribution in [2.75, 3.05) is 32.7 Å². The van der Waals surface area contributed by atoms with E-state index < -0.39 is 27.7 Å². The molecule has 1 amide bonds. The standard InChI is InChI=1S/C28H31F2N5O3S/c1-18-27(19(2)32-17-31-18)28(36)35-15-21-13-34(14-22(21)16-35)11-10-26(20-6-4-3-5-7-20)33-39(37,38)23-8-9-24(29)25(30)12-23/h3-9,12,17,21-22,26,33H,10-11,13-16H2,1-2H3/t21?,22?,26-/m0/s1. The molecule has 1 N–H and O–H groups in total. The molecule has 3 atom stereocenters. The van der Waals surface area contributed by atoms with E-state index in [0.29, 0.717) is 60.9 Å². The Hall–Kier alpha value is -3.28. The Balaban J connectivity index is 1.23. The SMILES string of the molecule is Cc1ncnc(C)c1C(=O)N1CC2CN(CC[C@H](NS(=O)(=O)c3ccc(F)c(F)c3)c3ccccc3)CC2C1. The molecule has 0 aliphatic carbocycles. The lowest BCUT2D eigenvalue weighted by Crippen LogP contribution is -2.36. The number of aromatic nitrogens is 2. The van der Waals surface area contributed by atoms with Crippen molar-refractivity contribution in [2.45, 2.75) is 31.2 Å². The molecule has 1 aromatic heterocycles. The van der Waals surface area contributed by atoms with Crippen LogP contribution in [-0.4, -0.2) is 66.8 Å². The third-order valence-corrected chi connectivity index (χ3v) is 9.19. The minimum absolute atomic E-state index is 0.0256. The number of nitrogens with one attached hydrogen (secondary N) is 1. The number of carbonyl (C=O) groups excluding carboxylic acids is 1. The van der Waals surface area contributed by atoms with Gasteiger partial charge in [0, 0.05) is 38.8 Å². The lowest BCUT2D eigenvalue weighted by molar-refractivity contribution is 0.0771. The largest absolute Gasteiger partial charge is 0.338 e. The number of carbonyl (C=O) groups is 1. The maximum Gasteiger partial charge on any atom is 0.257 e. The number of likely N-dealkylation sites (tertiary alicyclic amines) is 2. The summed E-state index contributed by atoms with van der Waals surface area (Å²) in [5.41, 5.74) is 2.73. The van der Waals surface area contributed by atoms with Gasteiger partial charge in [0.2, 0.25) is 10.0 Å². The first kappa shape index (κ1) is 27.3. The smallest absolute Gasteiger partial charge is 0.257 e. The van der Waals surface area contributed by atoms with Gasteiger partial charge in [0.1, 0.15) is 6.33 Å². The summed E-state index contributed by atoms with van der Waals surface area (Å²) in [6.07, 6.45) is 1.97. The number of sulfonamides is 1. The van der Waals surface area contributed by atoms with Crippen LogP contribution < -0.4 is 4.72 Å². The van der Waals surface area contributed by atoms with Gasteiger partial charge >= 0.3 is 0 Å². The first-order chi connectivity index (χ1) is 18.6. The van der Waals surface area contributed by atoms with Gasteiger partial charge in [-0.05, 0) is 55.9 Å². The van der Waals surface area contributed by atoms with E-state index in [-0.39, 0.29) is 10.8 Å². The van der Waals surface area contributed by atoms with Crippen LogP contribution in [0.5, 0.6) is 0 Å². The van der Waals surface area contributed by atoms with Gasteiger partial charge in [0.15, 0.2) is 11.6 Å². The van der Waals surface area contributed by atoms with Crippen LogP contribution in [0.4, 0.5) is 8.78 Å². The minimum Gasteiger partial charge on any atom is -0.338 e. The molecule has 2 fully saturated rings. The predicted octanol–water partition coefficient (Wildman–Crippen LogP) is 3.49. The van der Waals surface area contributed by atoms with E-state index in [0.717, 1.165) is 30.8 Å². The highest BCUT2D eigenvalue weighted by Crippen LogP contribution is 2.33. The third-order valence-electron chi connectivity index (χ3n) is 7.72. The van der Waals surface area contributed by atoms with Crippen LogP contribution in [0.2, 0.25) is 0 Å². The summed E-state index contributed by atoms with van der Waals surface area (Å²) in [6.45, 7) is 7.25. The molecule has 0 saturated carbocycles. The third kappa shape index (κ3) is 5.85. The molecule has 3 heterocycles. The summed E-state index contributed by atoms with van der Waals surface area (Å²) in [5.74, 6) is -1.66. The van der Waals surface area contributed by atoms with Gasteiger partial charge in [-0.15, -0.1) is 0 Å². The first-order valence-corrected chi connectivity index (χ1v) is 14.4. The second-order valence-corrected chi connectivity index (χ2v) is 12.1. The zero-order chi connectivity index (χ0) is 27.7. The molecular formula is C28H31F2N5O3S. The average molecular weight is 556 g/mol. The van der Waals surface area contributed by atoms with Gasteiger partial charge in [-0.3, -0.25) is 4.79 Å². The highest BCUT2D eigenvalue weighted by Gasteiger charge is 2.42. The van der Waals surface area contributed by atoms with Crippen molar-refractivity contribution in [1.82, 2.24) is 24.5 Å². The second-order valence-electron chi connectivity index (χ2n) is 10.4. The molecule has 39 heavy (non-hydrogen) atoms. The lowest BCUT2D eigenvalue weighted by Gasteiger charge is -2.25. The minimum atomic E-state index is -4.09. The Morgan fingerprint density at radius 3 is 2.23 bits per heavy atom. The summed E-state index contributed by atoms with van der Waals surface area (Å²) in [4.78, 5) is 25.4. The summed E-state index contributed by atoms with van der Waals surface area (Å²) in [5, 5.41) is 0. The van der Waals surface area contributed by atoms with E-state index in [1.54, 1.807) is 0 Å². The van der Waals surface area contributed by atoms with E-state index in [1.807, 2.05) is 49.1 Å². The Morgan fingerprint density at radius 1 is 0.974 bits per heavy atom. The number of benzene rings is 2. The lowest BCUT2D eigenvalue weighted by atomic mass is 10.0. The van der Waals surface area contributed by atoms with E-state index in [1.165, 1.54) is 6.33 Å². The number of amides is 1. The van der Waals surface area contributed by atoms with Crippen molar-refractivity contribution in [2.24, 2.45) is 11.8 Å². The van der Waals surface area contributed by atoms with Crippen molar-refractivity contribution in [3.05, 3.63) is 89.0 Å². The molecule has 2 aliphatic heterocycles. The summed E-state index contributed by atoms with van der Waals surface area (Å²) in [6, 6.07) is 11.2. The fourth-order valence-corrected chi connectivity index (χ4v) is 6.96. The Labute approximate surface area is 227 Å². The van der Waals surface area contributed by atoms with Crippen molar-refractivity contribution >= 4 is 15.9 Å². The topological polar surface area (TPSA) is 95.5 Å². The van der Waals surface area contributed by atoms with Crippen molar-refractivity contribution in [3.63, 3.8) is 0 Å². The number of aryl methyl sites for hydroxylation is 2. The summed E-state index contributed by atoms with van der Waals surface area (Å²) >= 11 is 0. The van der Waals surface area contributed by atoms with Crippen LogP contribution in [0.15, 0.2) is 59.8 Å². The number of fused-ring (bicyclic) bond motifs is 1. The van der Waals surface area contributed by atoms with Crippen molar-refractivity contribution in [1.29, 1.82) is 0 Å². The second kappa shape index (κ2) is 11.1. The average Bonchev–Trinajstić information content (AvgIpc) is 3.47. The zero-order valence-corrected chi connectivity index (χ0v) is 22.7. The van der Waals surface area contributed by atoms with Gasteiger partial charge in [0.05, 0.1) is 21.8 Å². The molecule has 0 bridgehead atoms. The van der Waals surface area contributed by atoms with Crippen LogP contribution in [-0.2, 0) is 10.0 Å².